The molecule has 0 bridgehead atoms. The summed E-state index contributed by atoms with van der Waals surface area (Å²) in [6.07, 6.45) is 0. The molecule has 0 saturated carbocycles. The van der Waals surface area contributed by atoms with Crippen molar-refractivity contribution < 1.29 is 14.3 Å². The maximum Gasteiger partial charge on any atom is 0.222 e. The van der Waals surface area contributed by atoms with Gasteiger partial charge in [-0.15, -0.1) is 0 Å². The second-order valence-electron chi connectivity index (χ2n) is 4.38. The molecule has 0 aliphatic carbocycles. The lowest BCUT2D eigenvalue weighted by Crippen LogP contribution is -2.28. The fourth-order valence-corrected chi connectivity index (χ4v) is 2.43. The Balaban J connectivity index is 2.38. The van der Waals surface area contributed by atoms with Gasteiger partial charge in [-0.1, -0.05) is 0 Å². The van der Waals surface area contributed by atoms with E-state index in [2.05, 4.69) is 5.32 Å². The Hall–Kier alpha value is -1.75. The van der Waals surface area contributed by atoms with Gasteiger partial charge < -0.3 is 20.5 Å². The van der Waals surface area contributed by atoms with E-state index in [0.29, 0.717) is 6.54 Å². The maximum absolute atomic E-state index is 11.4. The Bertz CT molecular complexity index is 448. The smallest absolute Gasteiger partial charge is 0.222 e. The van der Waals surface area contributed by atoms with Gasteiger partial charge in [-0.3, -0.25) is 4.79 Å². The summed E-state index contributed by atoms with van der Waals surface area (Å²) in [5.74, 6) is 1.06. The molecule has 2 unspecified atom stereocenters. The van der Waals surface area contributed by atoms with Crippen molar-refractivity contribution in [1.82, 2.24) is 5.32 Å². The molecule has 18 heavy (non-hydrogen) atoms. The Morgan fingerprint density at radius 3 is 2.72 bits per heavy atom. The molecule has 5 nitrogen and oxygen atoms in total. The highest BCUT2D eigenvalue weighted by atomic mass is 16.5. The van der Waals surface area contributed by atoms with Gasteiger partial charge in [0.25, 0.3) is 0 Å². The standard InChI is InChI=1S/C13H18N2O3/c1-17-8-3-4-12(18-2)9(5-8)10-6-15-7-11(10)13(14)16/h3-5,10-11,15H,6-7H2,1-2H3,(H2,14,16). The second-order valence-corrected chi connectivity index (χ2v) is 4.38. The summed E-state index contributed by atoms with van der Waals surface area (Å²) in [7, 11) is 3.23. The molecule has 5 heteroatoms. The van der Waals surface area contributed by atoms with Gasteiger partial charge in [0, 0.05) is 24.6 Å². The number of carbonyl (C=O) groups is 1. The van der Waals surface area contributed by atoms with E-state index in [0.717, 1.165) is 23.6 Å². The first-order valence-electron chi connectivity index (χ1n) is 5.89. The molecule has 1 amide bonds. The predicted molar refractivity (Wildman–Crippen MR) is 67.8 cm³/mol. The highest BCUT2D eigenvalue weighted by Crippen LogP contribution is 2.36. The molecule has 1 aliphatic rings. The molecule has 1 aromatic carbocycles. The first kappa shape index (κ1) is 12.7. The van der Waals surface area contributed by atoms with E-state index in [1.807, 2.05) is 18.2 Å². The summed E-state index contributed by atoms with van der Waals surface area (Å²) in [6, 6.07) is 5.60. The fraction of sp³-hybridized carbons (Fsp3) is 0.462. The molecule has 0 spiro atoms. The number of ether oxygens (including phenoxy) is 2. The van der Waals surface area contributed by atoms with E-state index in [1.165, 1.54) is 0 Å². The molecule has 1 fully saturated rings. The van der Waals surface area contributed by atoms with Crippen molar-refractivity contribution in [2.24, 2.45) is 11.7 Å². The molecule has 0 aromatic heterocycles. The van der Waals surface area contributed by atoms with Gasteiger partial charge in [0.2, 0.25) is 5.91 Å². The molecule has 3 N–H and O–H groups in total. The first-order valence-corrected chi connectivity index (χ1v) is 5.89. The van der Waals surface area contributed by atoms with Crippen molar-refractivity contribution in [3.05, 3.63) is 23.8 Å². The van der Waals surface area contributed by atoms with Crippen LogP contribution in [0.5, 0.6) is 11.5 Å². The van der Waals surface area contributed by atoms with Crippen LogP contribution >= 0.6 is 0 Å². The van der Waals surface area contributed by atoms with Gasteiger partial charge in [0.05, 0.1) is 20.1 Å². The van der Waals surface area contributed by atoms with E-state index < -0.39 is 0 Å². The van der Waals surface area contributed by atoms with Crippen molar-refractivity contribution >= 4 is 5.91 Å². The van der Waals surface area contributed by atoms with Crippen LogP contribution in [0.2, 0.25) is 0 Å². The summed E-state index contributed by atoms with van der Waals surface area (Å²) in [5.41, 5.74) is 6.40. The number of hydrogen-bond donors (Lipinski definition) is 2. The molecule has 2 atom stereocenters. The zero-order valence-electron chi connectivity index (χ0n) is 10.6. The molecule has 98 valence electrons. The van der Waals surface area contributed by atoms with Crippen molar-refractivity contribution in [2.45, 2.75) is 5.92 Å². The van der Waals surface area contributed by atoms with Crippen LogP contribution in [0.4, 0.5) is 0 Å². The summed E-state index contributed by atoms with van der Waals surface area (Å²) >= 11 is 0. The number of carbonyl (C=O) groups excluding carboxylic acids is 1. The largest absolute Gasteiger partial charge is 0.497 e. The summed E-state index contributed by atoms with van der Waals surface area (Å²) in [6.45, 7) is 1.33. The molecular formula is C13H18N2O3. The normalized spacial score (nSPS) is 22.8. The van der Waals surface area contributed by atoms with Crippen LogP contribution in [0.1, 0.15) is 11.5 Å². The predicted octanol–water partition coefficient (Wildman–Crippen LogP) is 0.492. The Morgan fingerprint density at radius 2 is 2.11 bits per heavy atom. The Morgan fingerprint density at radius 1 is 1.33 bits per heavy atom. The van der Waals surface area contributed by atoms with Crippen molar-refractivity contribution in [3.63, 3.8) is 0 Å². The summed E-state index contributed by atoms with van der Waals surface area (Å²) in [5, 5.41) is 3.19. The number of nitrogens with one attached hydrogen (secondary N) is 1. The molecule has 1 aromatic rings. The second kappa shape index (κ2) is 5.27. The maximum atomic E-state index is 11.4. The van der Waals surface area contributed by atoms with Crippen molar-refractivity contribution in [2.75, 3.05) is 27.3 Å². The third-order valence-electron chi connectivity index (χ3n) is 3.42. The number of amides is 1. The zero-order chi connectivity index (χ0) is 13.1. The lowest BCUT2D eigenvalue weighted by atomic mass is 9.88. The van der Waals surface area contributed by atoms with E-state index in [4.69, 9.17) is 15.2 Å². The lowest BCUT2D eigenvalue weighted by Gasteiger charge is -2.19. The molecule has 0 radical (unpaired) electrons. The zero-order valence-corrected chi connectivity index (χ0v) is 10.6. The number of primary amides is 1. The molecule has 1 aliphatic heterocycles. The average molecular weight is 250 g/mol. The van der Waals surface area contributed by atoms with Gasteiger partial charge in [-0.05, 0) is 18.2 Å². The third-order valence-corrected chi connectivity index (χ3v) is 3.42. The highest BCUT2D eigenvalue weighted by Gasteiger charge is 2.34. The lowest BCUT2D eigenvalue weighted by molar-refractivity contribution is -0.121. The monoisotopic (exact) mass is 250 g/mol. The van der Waals surface area contributed by atoms with E-state index in [9.17, 15) is 4.79 Å². The van der Waals surface area contributed by atoms with Gasteiger partial charge in [-0.2, -0.15) is 0 Å². The van der Waals surface area contributed by atoms with Crippen molar-refractivity contribution in [1.29, 1.82) is 0 Å². The third kappa shape index (κ3) is 2.26. The fourth-order valence-electron chi connectivity index (χ4n) is 2.43. The number of nitrogens with two attached hydrogens (primary N) is 1. The molecule has 2 rings (SSSR count). The Kier molecular flexibility index (Phi) is 3.72. The van der Waals surface area contributed by atoms with Crippen molar-refractivity contribution in [3.8, 4) is 11.5 Å². The summed E-state index contributed by atoms with van der Waals surface area (Å²) in [4.78, 5) is 11.4. The van der Waals surface area contributed by atoms with Gasteiger partial charge in [0.1, 0.15) is 11.5 Å². The SMILES string of the molecule is COc1ccc(OC)c(C2CNCC2C(N)=O)c1. The van der Waals surface area contributed by atoms with Crippen LogP contribution < -0.4 is 20.5 Å². The van der Waals surface area contributed by atoms with Crippen LogP contribution in [0.3, 0.4) is 0 Å². The van der Waals surface area contributed by atoms with Gasteiger partial charge in [-0.25, -0.2) is 0 Å². The number of benzene rings is 1. The van der Waals surface area contributed by atoms with Crippen LogP contribution in [0.25, 0.3) is 0 Å². The number of rotatable bonds is 4. The molecule has 1 saturated heterocycles. The quantitative estimate of drug-likeness (QED) is 0.815. The van der Waals surface area contributed by atoms with E-state index in [-0.39, 0.29) is 17.7 Å². The summed E-state index contributed by atoms with van der Waals surface area (Å²) < 4.78 is 10.6. The highest BCUT2D eigenvalue weighted by molar-refractivity contribution is 5.78. The average Bonchev–Trinajstić information content (AvgIpc) is 2.87. The minimum Gasteiger partial charge on any atom is -0.497 e. The van der Waals surface area contributed by atoms with Crippen LogP contribution in [0, 0.1) is 5.92 Å². The minimum absolute atomic E-state index is 0.0348. The minimum atomic E-state index is -0.283. The first-order chi connectivity index (χ1) is 8.67. The van der Waals surface area contributed by atoms with Gasteiger partial charge >= 0.3 is 0 Å². The van der Waals surface area contributed by atoms with Crippen LogP contribution in [-0.4, -0.2) is 33.2 Å². The topological polar surface area (TPSA) is 73.6 Å². The number of methoxy groups -OCH3 is 2. The number of hydrogen-bond acceptors (Lipinski definition) is 4. The molecule has 1 heterocycles. The van der Waals surface area contributed by atoms with Gasteiger partial charge in [0.15, 0.2) is 0 Å². The van der Waals surface area contributed by atoms with E-state index >= 15 is 0 Å². The Labute approximate surface area is 106 Å². The van der Waals surface area contributed by atoms with Crippen LogP contribution in [-0.2, 0) is 4.79 Å². The van der Waals surface area contributed by atoms with E-state index in [1.54, 1.807) is 14.2 Å². The molecular weight excluding hydrogens is 232 g/mol. The van der Waals surface area contributed by atoms with Crippen LogP contribution in [0.15, 0.2) is 18.2 Å².